The average Bonchev–Trinajstić information content (AvgIpc) is 2.95. The van der Waals surface area contributed by atoms with Crippen LogP contribution < -0.4 is 14.2 Å². The fourth-order valence-electron chi connectivity index (χ4n) is 4.69. The smallest absolute Gasteiger partial charge is 0.254 e. The van der Waals surface area contributed by atoms with Gasteiger partial charge in [-0.3, -0.25) is 9.78 Å². The van der Waals surface area contributed by atoms with Gasteiger partial charge >= 0.3 is 0 Å². The second-order valence-electron chi connectivity index (χ2n) is 8.65. The first kappa shape index (κ1) is 23.4. The summed E-state index contributed by atoms with van der Waals surface area (Å²) in [5, 5.41) is 0. The molecule has 0 radical (unpaired) electrons. The minimum Gasteiger partial charge on any atom is -0.493 e. The van der Waals surface area contributed by atoms with Crippen LogP contribution in [-0.2, 0) is 13.0 Å². The molecule has 1 aromatic heterocycles. The fourth-order valence-corrected chi connectivity index (χ4v) is 4.69. The maximum absolute atomic E-state index is 13.9. The Balaban J connectivity index is 1.47. The normalized spacial score (nSPS) is 14.6. The summed E-state index contributed by atoms with van der Waals surface area (Å²) >= 11 is 0. The van der Waals surface area contributed by atoms with Gasteiger partial charge in [0.2, 0.25) is 0 Å². The third-order valence-corrected chi connectivity index (χ3v) is 6.46. The highest BCUT2D eigenvalue weighted by Crippen LogP contribution is 2.41. The topological polar surface area (TPSA) is 60.9 Å². The molecule has 1 amide bonds. The number of pyridine rings is 1. The molecule has 1 atom stereocenters. The van der Waals surface area contributed by atoms with Crippen LogP contribution in [0.5, 0.6) is 17.2 Å². The van der Waals surface area contributed by atoms with Gasteiger partial charge in [0.25, 0.3) is 5.91 Å². The molecule has 4 aromatic rings. The van der Waals surface area contributed by atoms with Crippen molar-refractivity contribution in [1.82, 2.24) is 9.88 Å². The van der Waals surface area contributed by atoms with Crippen LogP contribution in [0.3, 0.4) is 0 Å². The zero-order valence-electron chi connectivity index (χ0n) is 20.4. The predicted molar refractivity (Wildman–Crippen MR) is 138 cm³/mol. The van der Waals surface area contributed by atoms with E-state index in [-0.39, 0.29) is 11.9 Å². The molecule has 0 bridgehead atoms. The van der Waals surface area contributed by atoms with Gasteiger partial charge in [-0.25, -0.2) is 0 Å². The highest BCUT2D eigenvalue weighted by molar-refractivity contribution is 5.95. The van der Waals surface area contributed by atoms with Crippen LogP contribution >= 0.6 is 0 Å². The summed E-state index contributed by atoms with van der Waals surface area (Å²) in [4.78, 5) is 20.0. The van der Waals surface area contributed by atoms with E-state index in [9.17, 15) is 4.79 Å². The number of benzene rings is 3. The first-order chi connectivity index (χ1) is 17.7. The van der Waals surface area contributed by atoms with E-state index in [2.05, 4.69) is 17.1 Å². The van der Waals surface area contributed by atoms with Crippen molar-refractivity contribution in [1.29, 1.82) is 0 Å². The molecule has 1 unspecified atom stereocenters. The molecule has 6 heteroatoms. The first-order valence-corrected chi connectivity index (χ1v) is 11.9. The number of carbonyl (C=O) groups is 1. The Labute approximate surface area is 211 Å². The van der Waals surface area contributed by atoms with Crippen molar-refractivity contribution < 1.29 is 19.0 Å². The number of methoxy groups -OCH3 is 2. The molecular formula is C30H28N2O4. The van der Waals surface area contributed by atoms with Gasteiger partial charge in [-0.1, -0.05) is 42.5 Å². The summed E-state index contributed by atoms with van der Waals surface area (Å²) in [6.07, 6.45) is 4.23. The quantitative estimate of drug-likeness (QED) is 0.351. The van der Waals surface area contributed by atoms with Gasteiger partial charge in [-0.15, -0.1) is 0 Å². The van der Waals surface area contributed by atoms with Crippen molar-refractivity contribution in [2.75, 3.05) is 20.8 Å². The van der Waals surface area contributed by atoms with Gasteiger partial charge in [0.05, 0.1) is 20.3 Å². The van der Waals surface area contributed by atoms with Crippen molar-refractivity contribution in [3.05, 3.63) is 119 Å². The van der Waals surface area contributed by atoms with Crippen molar-refractivity contribution in [3.8, 4) is 17.2 Å². The number of rotatable bonds is 7. The van der Waals surface area contributed by atoms with Gasteiger partial charge in [0.15, 0.2) is 11.5 Å². The molecule has 0 saturated carbocycles. The molecule has 182 valence electrons. The lowest BCUT2D eigenvalue weighted by molar-refractivity contribution is 0.0693. The Morgan fingerprint density at radius 3 is 2.50 bits per heavy atom. The molecule has 36 heavy (non-hydrogen) atoms. The molecule has 1 aliphatic rings. The maximum Gasteiger partial charge on any atom is 0.254 e. The van der Waals surface area contributed by atoms with Gasteiger partial charge in [0, 0.05) is 30.1 Å². The highest BCUT2D eigenvalue weighted by Gasteiger charge is 2.34. The summed E-state index contributed by atoms with van der Waals surface area (Å²) in [6.45, 7) is 0.971. The third kappa shape index (κ3) is 4.75. The zero-order valence-corrected chi connectivity index (χ0v) is 20.4. The number of nitrogens with zero attached hydrogens (tertiary/aromatic N) is 2. The van der Waals surface area contributed by atoms with E-state index in [0.29, 0.717) is 36.0 Å². The number of aromatic nitrogens is 1. The van der Waals surface area contributed by atoms with Crippen molar-refractivity contribution >= 4 is 5.91 Å². The van der Waals surface area contributed by atoms with E-state index < -0.39 is 0 Å². The summed E-state index contributed by atoms with van der Waals surface area (Å²) in [7, 11) is 3.27. The predicted octanol–water partition coefficient (Wildman–Crippen LogP) is 5.47. The van der Waals surface area contributed by atoms with Gasteiger partial charge in [0.1, 0.15) is 12.4 Å². The Kier molecular flexibility index (Phi) is 6.85. The molecule has 0 spiro atoms. The average molecular weight is 481 g/mol. The van der Waals surface area contributed by atoms with Crippen molar-refractivity contribution in [2.45, 2.75) is 19.1 Å². The Morgan fingerprint density at radius 1 is 0.944 bits per heavy atom. The number of carbonyl (C=O) groups excluding carboxylic acids is 1. The van der Waals surface area contributed by atoms with Gasteiger partial charge in [-0.2, -0.15) is 0 Å². The minimum atomic E-state index is -0.248. The number of hydrogen-bond donors (Lipinski definition) is 0. The molecule has 0 fully saturated rings. The molecule has 6 nitrogen and oxygen atoms in total. The maximum atomic E-state index is 13.9. The molecule has 0 aliphatic carbocycles. The second-order valence-corrected chi connectivity index (χ2v) is 8.65. The standard InChI is InChI=1S/C30H28N2O4/c1-34-27-17-23-13-15-32(29(22-9-4-3-5-10-22)26(23)18-28(27)35-2)30(33)24-11-6-12-25(16-24)36-20-21-8-7-14-31-19-21/h3-12,14,16-19,29H,13,15,20H2,1-2H3. The van der Waals surface area contributed by atoms with E-state index in [1.165, 1.54) is 0 Å². The van der Waals surface area contributed by atoms with Crippen molar-refractivity contribution in [3.63, 3.8) is 0 Å². The second kappa shape index (κ2) is 10.5. The molecule has 3 aromatic carbocycles. The summed E-state index contributed by atoms with van der Waals surface area (Å²) in [5.41, 5.74) is 4.79. The van der Waals surface area contributed by atoms with Crippen LogP contribution in [0.1, 0.15) is 38.7 Å². The number of ether oxygens (including phenoxy) is 3. The molecular weight excluding hydrogens is 452 g/mol. The SMILES string of the molecule is COc1cc2c(cc1OC)C(c1ccccc1)N(C(=O)c1cccc(OCc3cccnc3)c1)CC2. The lowest BCUT2D eigenvalue weighted by Gasteiger charge is -2.38. The van der Waals surface area contributed by atoms with Crippen LogP contribution in [0, 0.1) is 0 Å². The van der Waals surface area contributed by atoms with E-state index in [1.54, 1.807) is 26.6 Å². The summed E-state index contributed by atoms with van der Waals surface area (Å²) in [6, 6.07) is 25.1. The summed E-state index contributed by atoms with van der Waals surface area (Å²) in [5.74, 6) is 1.94. The van der Waals surface area contributed by atoms with Crippen LogP contribution in [0.15, 0.2) is 91.3 Å². The van der Waals surface area contributed by atoms with Crippen LogP contribution in [0.4, 0.5) is 0 Å². The van der Waals surface area contributed by atoms with E-state index in [1.807, 2.05) is 71.6 Å². The monoisotopic (exact) mass is 480 g/mol. The van der Waals surface area contributed by atoms with E-state index >= 15 is 0 Å². The number of amides is 1. The van der Waals surface area contributed by atoms with Crippen molar-refractivity contribution in [2.24, 2.45) is 0 Å². The molecule has 0 N–H and O–H groups in total. The summed E-state index contributed by atoms with van der Waals surface area (Å²) < 4.78 is 17.1. The minimum absolute atomic E-state index is 0.0453. The number of hydrogen-bond acceptors (Lipinski definition) is 5. The Morgan fingerprint density at radius 2 is 1.75 bits per heavy atom. The fraction of sp³-hybridized carbons (Fsp3) is 0.200. The van der Waals surface area contributed by atoms with Crippen LogP contribution in [0.25, 0.3) is 0 Å². The largest absolute Gasteiger partial charge is 0.493 e. The molecule has 0 saturated heterocycles. The molecule has 2 heterocycles. The van der Waals surface area contributed by atoms with Gasteiger partial charge < -0.3 is 19.1 Å². The molecule has 1 aliphatic heterocycles. The van der Waals surface area contributed by atoms with Crippen LogP contribution in [-0.4, -0.2) is 36.6 Å². The van der Waals surface area contributed by atoms with E-state index in [0.717, 1.165) is 28.7 Å². The zero-order chi connectivity index (χ0) is 24.9. The van der Waals surface area contributed by atoms with Gasteiger partial charge in [-0.05, 0) is 59.5 Å². The Hall–Kier alpha value is -4.32. The third-order valence-electron chi connectivity index (χ3n) is 6.46. The Bertz CT molecular complexity index is 1340. The molecule has 5 rings (SSSR count). The van der Waals surface area contributed by atoms with Crippen LogP contribution in [0.2, 0.25) is 0 Å². The first-order valence-electron chi connectivity index (χ1n) is 11.9. The van der Waals surface area contributed by atoms with E-state index in [4.69, 9.17) is 14.2 Å². The number of fused-ring (bicyclic) bond motifs is 1. The highest BCUT2D eigenvalue weighted by atomic mass is 16.5. The lowest BCUT2D eigenvalue weighted by Crippen LogP contribution is -2.40. The lowest BCUT2D eigenvalue weighted by atomic mass is 9.87.